The Kier molecular flexibility index (Phi) is 5.26. The lowest BCUT2D eigenvalue weighted by atomic mass is 10.1. The number of ether oxygens (including phenoxy) is 1. The fraction of sp³-hybridized carbons (Fsp3) is 0.333. The number of amides is 1. The van der Waals surface area contributed by atoms with Gasteiger partial charge < -0.3 is 9.64 Å². The minimum atomic E-state index is -3.97. The van der Waals surface area contributed by atoms with Gasteiger partial charge in [0.2, 0.25) is 0 Å². The number of nitrogens with zero attached hydrogens (tertiary/aromatic N) is 3. The topological polar surface area (TPSA) is 103 Å². The van der Waals surface area contributed by atoms with Gasteiger partial charge in [0, 0.05) is 27.2 Å². The summed E-state index contributed by atoms with van der Waals surface area (Å²) in [7, 11) is 0.758. The van der Waals surface area contributed by atoms with Crippen LogP contribution in [0, 0.1) is 0 Å². The highest BCUT2D eigenvalue weighted by Gasteiger charge is 2.25. The molecule has 9 nitrogen and oxygen atoms in total. The first-order valence-electron chi connectivity index (χ1n) is 9.88. The van der Waals surface area contributed by atoms with Crippen LogP contribution in [0.3, 0.4) is 0 Å². The third kappa shape index (κ3) is 3.67. The zero-order chi connectivity index (χ0) is 22.3. The molecule has 10 heteroatoms. The van der Waals surface area contributed by atoms with E-state index in [0.717, 1.165) is 12.8 Å². The van der Waals surface area contributed by atoms with E-state index in [-0.39, 0.29) is 22.1 Å². The summed E-state index contributed by atoms with van der Waals surface area (Å²) in [4.78, 5) is 26.7. The maximum atomic E-state index is 13.0. The first-order chi connectivity index (χ1) is 14.7. The first kappa shape index (κ1) is 21.0. The monoisotopic (exact) mass is 444 g/mol. The van der Waals surface area contributed by atoms with Gasteiger partial charge in [-0.1, -0.05) is 0 Å². The van der Waals surface area contributed by atoms with E-state index in [2.05, 4.69) is 4.72 Å². The normalized spacial score (nSPS) is 14.2. The second kappa shape index (κ2) is 7.77. The Bertz CT molecular complexity index is 1330. The van der Waals surface area contributed by atoms with Crippen LogP contribution in [0.4, 0.5) is 5.69 Å². The van der Waals surface area contributed by atoms with E-state index >= 15 is 0 Å². The molecule has 164 valence electrons. The zero-order valence-corrected chi connectivity index (χ0v) is 18.4. The number of aryl methyl sites for hydroxylation is 2. The van der Waals surface area contributed by atoms with Crippen LogP contribution in [0.25, 0.3) is 11.0 Å². The summed E-state index contributed by atoms with van der Waals surface area (Å²) in [6.07, 6.45) is 1.86. The molecular formula is C21H24N4O5S. The lowest BCUT2D eigenvalue weighted by Gasteiger charge is -2.18. The van der Waals surface area contributed by atoms with Gasteiger partial charge >= 0.3 is 5.69 Å². The van der Waals surface area contributed by atoms with Crippen LogP contribution in [0.15, 0.2) is 46.1 Å². The molecule has 1 saturated heterocycles. The highest BCUT2D eigenvalue weighted by atomic mass is 32.2. The van der Waals surface area contributed by atoms with E-state index < -0.39 is 10.0 Å². The standard InChI is InChI=1S/C21H24N4O5S/c1-23-17-8-6-14(12-18(17)24(2)21(23)27)22-31(28,29)15-7-9-19(30-3)16(13-15)20(26)25-10-4-5-11-25/h6-9,12-13,22H,4-5,10-11H2,1-3H3. The number of carbonyl (C=O) groups excluding carboxylic acids is 1. The Morgan fingerprint density at radius 3 is 2.35 bits per heavy atom. The molecule has 0 unspecified atom stereocenters. The third-order valence-electron chi connectivity index (χ3n) is 5.63. The van der Waals surface area contributed by atoms with Gasteiger partial charge in [0.15, 0.2) is 0 Å². The zero-order valence-electron chi connectivity index (χ0n) is 17.6. The van der Waals surface area contributed by atoms with Crippen LogP contribution in [-0.2, 0) is 24.1 Å². The molecule has 31 heavy (non-hydrogen) atoms. The number of hydrogen-bond acceptors (Lipinski definition) is 5. The number of benzene rings is 2. The minimum Gasteiger partial charge on any atom is -0.496 e. The Morgan fingerprint density at radius 2 is 1.68 bits per heavy atom. The molecular weight excluding hydrogens is 420 g/mol. The second-order valence-corrected chi connectivity index (χ2v) is 9.25. The van der Waals surface area contributed by atoms with Crippen molar-refractivity contribution < 1.29 is 17.9 Å². The van der Waals surface area contributed by atoms with Crippen LogP contribution >= 0.6 is 0 Å². The summed E-state index contributed by atoms with van der Waals surface area (Å²) >= 11 is 0. The van der Waals surface area contributed by atoms with Gasteiger partial charge in [-0.05, 0) is 49.2 Å². The van der Waals surface area contributed by atoms with Crippen molar-refractivity contribution >= 4 is 32.7 Å². The number of anilines is 1. The average Bonchev–Trinajstić information content (AvgIpc) is 3.37. The summed E-state index contributed by atoms with van der Waals surface area (Å²) in [5, 5.41) is 0. The van der Waals surface area contributed by atoms with Crippen molar-refractivity contribution in [2.24, 2.45) is 14.1 Å². The summed E-state index contributed by atoms with van der Waals surface area (Å²) in [5.41, 5.74) is 1.63. The molecule has 1 aliphatic rings. The number of likely N-dealkylation sites (tertiary alicyclic amines) is 1. The van der Waals surface area contributed by atoms with E-state index in [9.17, 15) is 18.0 Å². The molecule has 0 spiro atoms. The maximum Gasteiger partial charge on any atom is 0.328 e. The van der Waals surface area contributed by atoms with E-state index in [1.165, 1.54) is 34.4 Å². The fourth-order valence-electron chi connectivity index (χ4n) is 3.90. The number of carbonyl (C=O) groups is 1. The maximum absolute atomic E-state index is 13.0. The lowest BCUT2D eigenvalue weighted by molar-refractivity contribution is 0.0789. The molecule has 2 aromatic carbocycles. The molecule has 1 amide bonds. The Hall–Kier alpha value is -3.27. The van der Waals surface area contributed by atoms with Crippen molar-refractivity contribution in [2.75, 3.05) is 24.9 Å². The van der Waals surface area contributed by atoms with E-state index in [4.69, 9.17) is 4.74 Å². The number of sulfonamides is 1. The SMILES string of the molecule is COc1ccc(S(=O)(=O)Nc2ccc3c(c2)n(C)c(=O)n3C)cc1C(=O)N1CCCC1. The number of fused-ring (bicyclic) bond motifs is 1. The molecule has 0 saturated carbocycles. The highest BCUT2D eigenvalue weighted by molar-refractivity contribution is 7.92. The van der Waals surface area contributed by atoms with Crippen LogP contribution in [0.5, 0.6) is 5.75 Å². The molecule has 1 aromatic heterocycles. The van der Waals surface area contributed by atoms with Crippen molar-refractivity contribution in [3.8, 4) is 5.75 Å². The largest absolute Gasteiger partial charge is 0.496 e. The molecule has 1 aliphatic heterocycles. The number of aromatic nitrogens is 2. The van der Waals surface area contributed by atoms with Crippen LogP contribution in [0.1, 0.15) is 23.2 Å². The van der Waals surface area contributed by atoms with Crippen LogP contribution in [0.2, 0.25) is 0 Å². The van der Waals surface area contributed by atoms with Gasteiger partial charge in [-0.15, -0.1) is 0 Å². The average molecular weight is 445 g/mol. The fourth-order valence-corrected chi connectivity index (χ4v) is 4.97. The van der Waals surface area contributed by atoms with Gasteiger partial charge in [0.25, 0.3) is 15.9 Å². The van der Waals surface area contributed by atoms with Crippen molar-refractivity contribution in [3.05, 3.63) is 52.4 Å². The third-order valence-corrected chi connectivity index (χ3v) is 7.01. The predicted molar refractivity (Wildman–Crippen MR) is 117 cm³/mol. The Balaban J connectivity index is 1.69. The van der Waals surface area contributed by atoms with Gasteiger partial charge in [-0.2, -0.15) is 0 Å². The summed E-state index contributed by atoms with van der Waals surface area (Å²) in [6, 6.07) is 9.12. The van der Waals surface area contributed by atoms with E-state index in [1.807, 2.05) is 0 Å². The van der Waals surface area contributed by atoms with Crippen molar-refractivity contribution in [1.29, 1.82) is 0 Å². The summed E-state index contributed by atoms with van der Waals surface area (Å²) in [6.45, 7) is 1.29. The van der Waals surface area contributed by atoms with E-state index in [0.29, 0.717) is 35.6 Å². The van der Waals surface area contributed by atoms with Crippen molar-refractivity contribution in [1.82, 2.24) is 14.0 Å². The van der Waals surface area contributed by atoms with Gasteiger partial charge in [-0.3, -0.25) is 18.7 Å². The molecule has 1 N–H and O–H groups in total. The van der Waals surface area contributed by atoms with Crippen LogP contribution < -0.4 is 15.1 Å². The Labute approximate surface area is 179 Å². The van der Waals surface area contributed by atoms with E-state index in [1.54, 1.807) is 37.2 Å². The molecule has 0 atom stereocenters. The minimum absolute atomic E-state index is 0.0436. The molecule has 2 heterocycles. The highest BCUT2D eigenvalue weighted by Crippen LogP contribution is 2.27. The molecule has 0 bridgehead atoms. The lowest BCUT2D eigenvalue weighted by Crippen LogP contribution is -2.28. The Morgan fingerprint density at radius 1 is 1.00 bits per heavy atom. The van der Waals surface area contributed by atoms with Crippen molar-refractivity contribution in [2.45, 2.75) is 17.7 Å². The first-order valence-corrected chi connectivity index (χ1v) is 11.4. The summed E-state index contributed by atoms with van der Waals surface area (Å²) in [5.74, 6) is 0.0867. The molecule has 1 fully saturated rings. The van der Waals surface area contributed by atoms with Gasteiger partial charge in [0.05, 0.1) is 34.3 Å². The number of nitrogens with one attached hydrogen (secondary N) is 1. The van der Waals surface area contributed by atoms with Gasteiger partial charge in [-0.25, -0.2) is 13.2 Å². The number of rotatable bonds is 5. The number of imidazole rings is 1. The van der Waals surface area contributed by atoms with Gasteiger partial charge in [0.1, 0.15) is 5.75 Å². The smallest absolute Gasteiger partial charge is 0.328 e. The summed E-state index contributed by atoms with van der Waals surface area (Å²) < 4.78 is 36.9. The quantitative estimate of drug-likeness (QED) is 0.648. The molecule has 0 aliphatic carbocycles. The van der Waals surface area contributed by atoms with Crippen LogP contribution in [-0.4, -0.2) is 48.6 Å². The number of methoxy groups -OCH3 is 1. The predicted octanol–water partition coefficient (Wildman–Crippen LogP) is 1.92. The molecule has 4 rings (SSSR count). The molecule has 3 aromatic rings. The second-order valence-electron chi connectivity index (χ2n) is 7.57. The molecule has 0 radical (unpaired) electrons. The number of hydrogen-bond donors (Lipinski definition) is 1. The van der Waals surface area contributed by atoms with Crippen molar-refractivity contribution in [3.63, 3.8) is 0 Å².